The fourth-order valence-electron chi connectivity index (χ4n) is 8.71. The van der Waals surface area contributed by atoms with Crippen molar-refractivity contribution in [2.75, 3.05) is 25.4 Å². The van der Waals surface area contributed by atoms with Gasteiger partial charge in [-0.3, -0.25) is 14.4 Å². The second kappa shape index (κ2) is 21.7. The number of nitrogens with one attached hydrogen (secondary N) is 2. The molecule has 0 radical (unpaired) electrons. The van der Waals surface area contributed by atoms with Crippen LogP contribution in [-0.2, 0) is 36.8 Å². The maximum atomic E-state index is 13.8. The van der Waals surface area contributed by atoms with Gasteiger partial charge in [0.15, 0.2) is 6.61 Å². The number of amides is 2. The third-order valence-corrected chi connectivity index (χ3v) is 11.9. The lowest BCUT2D eigenvalue weighted by atomic mass is 9.73. The monoisotopic (exact) mass is 729 g/mol. The molecule has 2 amide bonds. The van der Waals surface area contributed by atoms with Gasteiger partial charge in [-0.05, 0) is 118 Å². The average Bonchev–Trinajstić information content (AvgIpc) is 3.53. The van der Waals surface area contributed by atoms with Gasteiger partial charge in [0.2, 0.25) is 11.8 Å². The van der Waals surface area contributed by atoms with Crippen LogP contribution in [0.15, 0.2) is 18.2 Å². The van der Waals surface area contributed by atoms with Crippen molar-refractivity contribution < 1.29 is 33.8 Å². The molecule has 3 aliphatic carbocycles. The van der Waals surface area contributed by atoms with E-state index in [1.807, 2.05) is 12.1 Å². The highest BCUT2D eigenvalue weighted by atomic mass is 32.1. The predicted octanol–water partition coefficient (Wildman–Crippen LogP) is 6.02. The number of nitrogens with two attached hydrogens (primary N) is 1. The molecule has 0 aliphatic heterocycles. The highest BCUT2D eigenvalue weighted by Crippen LogP contribution is 2.48. The van der Waals surface area contributed by atoms with E-state index in [2.05, 4.69) is 36.3 Å². The summed E-state index contributed by atoms with van der Waals surface area (Å²) in [7, 11) is 0. The zero-order chi connectivity index (χ0) is 36.6. The predicted molar refractivity (Wildman–Crippen MR) is 202 cm³/mol. The Morgan fingerprint density at radius 1 is 0.961 bits per heavy atom. The maximum absolute atomic E-state index is 13.8. The van der Waals surface area contributed by atoms with Crippen LogP contribution in [0.1, 0.15) is 121 Å². The SMILES string of the molecule is CCCCCC(CCC1CCC2Cc3c(cccc3OCC(=O)O)CC12)OC(=O)[C@@H]1CCCC[C@@H]1C(=O)NC(CN)C(=O)NCCCCCCS. The molecule has 1 aromatic rings. The first-order chi connectivity index (χ1) is 24.7. The van der Waals surface area contributed by atoms with E-state index in [1.54, 1.807) is 0 Å². The molecule has 10 nitrogen and oxygen atoms in total. The molecule has 4 rings (SSSR count). The Bertz CT molecular complexity index is 1280. The number of hydrogen-bond acceptors (Lipinski definition) is 8. The second-order valence-corrected chi connectivity index (χ2v) is 15.5. The molecule has 5 N–H and O–H groups in total. The summed E-state index contributed by atoms with van der Waals surface area (Å²) in [5.74, 6) is 0.310. The normalized spacial score (nSPS) is 23.7. The summed E-state index contributed by atoms with van der Waals surface area (Å²) in [6.07, 6.45) is 16.7. The van der Waals surface area contributed by atoms with Crippen molar-refractivity contribution in [3.63, 3.8) is 0 Å². The summed E-state index contributed by atoms with van der Waals surface area (Å²) in [6.45, 7) is 2.37. The number of carboxylic acid groups (broad SMARTS) is 1. The number of aliphatic carboxylic acids is 1. The van der Waals surface area contributed by atoms with Crippen molar-refractivity contribution in [3.8, 4) is 5.75 Å². The van der Waals surface area contributed by atoms with Crippen LogP contribution in [0.3, 0.4) is 0 Å². The first-order valence-electron chi connectivity index (χ1n) is 19.8. The van der Waals surface area contributed by atoms with Crippen LogP contribution in [0.4, 0.5) is 0 Å². The Morgan fingerprint density at radius 3 is 2.49 bits per heavy atom. The van der Waals surface area contributed by atoms with E-state index in [0.29, 0.717) is 42.9 Å². The van der Waals surface area contributed by atoms with Gasteiger partial charge in [0.25, 0.3) is 0 Å². The van der Waals surface area contributed by atoms with E-state index in [0.717, 1.165) is 114 Å². The quantitative estimate of drug-likeness (QED) is 0.0551. The van der Waals surface area contributed by atoms with Crippen molar-refractivity contribution in [3.05, 3.63) is 29.3 Å². The number of unbranched alkanes of at least 4 members (excludes halogenated alkanes) is 5. The summed E-state index contributed by atoms with van der Waals surface area (Å²) in [5, 5.41) is 14.9. The van der Waals surface area contributed by atoms with Crippen LogP contribution in [0.5, 0.6) is 5.75 Å². The third kappa shape index (κ3) is 12.4. The summed E-state index contributed by atoms with van der Waals surface area (Å²) < 4.78 is 12.0. The van der Waals surface area contributed by atoms with Crippen LogP contribution in [0.25, 0.3) is 0 Å². The number of fused-ring (bicyclic) bond motifs is 2. The van der Waals surface area contributed by atoms with Gasteiger partial charge in [0, 0.05) is 13.1 Å². The van der Waals surface area contributed by atoms with Gasteiger partial charge in [-0.2, -0.15) is 12.6 Å². The molecule has 11 heteroatoms. The number of benzene rings is 1. The van der Waals surface area contributed by atoms with Crippen LogP contribution in [0.2, 0.25) is 0 Å². The number of esters is 1. The first kappa shape index (κ1) is 41.0. The summed E-state index contributed by atoms with van der Waals surface area (Å²) in [6, 6.07) is 5.16. The summed E-state index contributed by atoms with van der Waals surface area (Å²) in [5.41, 5.74) is 8.33. The summed E-state index contributed by atoms with van der Waals surface area (Å²) >= 11 is 4.24. The third-order valence-electron chi connectivity index (χ3n) is 11.6. The van der Waals surface area contributed by atoms with E-state index in [1.165, 1.54) is 5.56 Å². The molecule has 0 bridgehead atoms. The average molecular weight is 730 g/mol. The van der Waals surface area contributed by atoms with Gasteiger partial charge < -0.3 is 30.9 Å². The van der Waals surface area contributed by atoms with Crippen LogP contribution >= 0.6 is 12.6 Å². The molecular weight excluding hydrogens is 667 g/mol. The molecule has 2 saturated carbocycles. The molecule has 0 spiro atoms. The molecule has 1 aromatic carbocycles. The van der Waals surface area contributed by atoms with Gasteiger partial charge in [0.05, 0.1) is 11.8 Å². The second-order valence-electron chi connectivity index (χ2n) is 15.1. The summed E-state index contributed by atoms with van der Waals surface area (Å²) in [4.78, 5) is 51.3. The highest BCUT2D eigenvalue weighted by molar-refractivity contribution is 7.80. The molecule has 7 atom stereocenters. The molecule has 0 aromatic heterocycles. The number of ether oxygens (including phenoxy) is 2. The van der Waals surface area contributed by atoms with E-state index in [-0.39, 0.29) is 37.0 Å². The van der Waals surface area contributed by atoms with Gasteiger partial charge in [-0.1, -0.05) is 57.6 Å². The van der Waals surface area contributed by atoms with Crippen LogP contribution in [-0.4, -0.2) is 66.5 Å². The molecule has 286 valence electrons. The van der Waals surface area contributed by atoms with Crippen molar-refractivity contribution >= 4 is 36.4 Å². The Morgan fingerprint density at radius 2 is 1.75 bits per heavy atom. The number of carboxylic acids is 1. The number of hydrogen-bond donors (Lipinski definition) is 5. The smallest absolute Gasteiger partial charge is 0.341 e. The van der Waals surface area contributed by atoms with Crippen LogP contribution < -0.4 is 21.1 Å². The fraction of sp³-hybridized carbons (Fsp3) is 0.750. The zero-order valence-corrected chi connectivity index (χ0v) is 31.6. The minimum absolute atomic E-state index is 0.00712. The lowest BCUT2D eigenvalue weighted by Gasteiger charge is -2.33. The first-order valence-corrected chi connectivity index (χ1v) is 20.4. The fourth-order valence-corrected chi connectivity index (χ4v) is 8.93. The van der Waals surface area contributed by atoms with E-state index in [9.17, 15) is 19.2 Å². The molecule has 3 aliphatic rings. The van der Waals surface area contributed by atoms with Crippen molar-refractivity contribution in [2.45, 2.75) is 135 Å². The highest BCUT2D eigenvalue weighted by Gasteiger charge is 2.41. The van der Waals surface area contributed by atoms with Crippen LogP contribution in [0, 0.1) is 29.6 Å². The zero-order valence-electron chi connectivity index (χ0n) is 30.8. The maximum Gasteiger partial charge on any atom is 0.341 e. The lowest BCUT2D eigenvalue weighted by molar-refractivity contribution is -0.160. The topological polar surface area (TPSA) is 157 Å². The van der Waals surface area contributed by atoms with Gasteiger partial charge in [-0.25, -0.2) is 4.79 Å². The number of thiol groups is 1. The standard InChI is InChI=1S/C40H63N3O7S/c1-2-3-6-13-30(20-19-27-17-18-29-24-34-28(23-33(27)29)12-11-16-36(34)49-26-37(44)45)50-40(48)32-15-8-7-14-31(32)38(46)43-35(25-41)39(47)42-21-9-4-5-10-22-51/h11-12,16,27,29-33,35,51H,2-10,13-15,17-26,41H2,1H3,(H,42,47)(H,43,46)(H,44,45)/t27?,29?,30?,31-,32+,33?,35?/m0/s1. The van der Waals surface area contributed by atoms with E-state index in [4.69, 9.17) is 20.3 Å². The molecule has 51 heavy (non-hydrogen) atoms. The van der Waals surface area contributed by atoms with Crippen molar-refractivity contribution in [1.29, 1.82) is 0 Å². The van der Waals surface area contributed by atoms with Gasteiger partial charge in [-0.15, -0.1) is 0 Å². The molecule has 0 heterocycles. The van der Waals surface area contributed by atoms with Crippen molar-refractivity contribution in [1.82, 2.24) is 10.6 Å². The van der Waals surface area contributed by atoms with Gasteiger partial charge in [0.1, 0.15) is 17.9 Å². The van der Waals surface area contributed by atoms with Crippen molar-refractivity contribution in [2.24, 2.45) is 35.3 Å². The Balaban J connectivity index is 1.33. The molecule has 2 fully saturated rings. The minimum atomic E-state index is -0.972. The van der Waals surface area contributed by atoms with E-state index < -0.39 is 23.8 Å². The Hall–Kier alpha value is -2.79. The number of rotatable bonds is 22. The molecule has 0 saturated heterocycles. The largest absolute Gasteiger partial charge is 0.482 e. The number of carbonyl (C=O) groups excluding carboxylic acids is 3. The Labute approximate surface area is 310 Å². The van der Waals surface area contributed by atoms with E-state index >= 15 is 0 Å². The molecular formula is C40H63N3O7S. The Kier molecular flexibility index (Phi) is 17.4. The number of carbonyl (C=O) groups is 4. The minimum Gasteiger partial charge on any atom is -0.482 e. The lowest BCUT2D eigenvalue weighted by Crippen LogP contribution is -2.53. The molecule has 5 unspecified atom stereocenters. The van der Waals surface area contributed by atoms with Gasteiger partial charge >= 0.3 is 11.9 Å².